The number of carboxylic acid groups (broad SMARTS) is 1. The predicted octanol–water partition coefficient (Wildman–Crippen LogP) is 4.59. The molecule has 0 atom stereocenters. The monoisotopic (exact) mass is 343 g/mol. The van der Waals surface area contributed by atoms with Gasteiger partial charge in [0.05, 0.1) is 5.56 Å². The first kappa shape index (κ1) is 17.0. The maximum atomic E-state index is 11.1. The average molecular weight is 344 g/mol. The third-order valence-electron chi connectivity index (χ3n) is 5.08. The standard InChI is InChI=1S/C20H22ClNO2/c1-20(17-5-7-18(21)8-6-17)9-11-22(12-10-20)14-15-3-2-4-16(13-15)19(23)24/h2-8,13H,9-12,14H2,1H3,(H,23,24). The van der Waals surface area contributed by atoms with Gasteiger partial charge < -0.3 is 5.11 Å². The summed E-state index contributed by atoms with van der Waals surface area (Å²) in [6.07, 6.45) is 2.18. The molecule has 2 aromatic rings. The molecule has 1 aliphatic heterocycles. The number of benzene rings is 2. The molecule has 24 heavy (non-hydrogen) atoms. The van der Waals surface area contributed by atoms with Crippen LogP contribution in [0.25, 0.3) is 0 Å². The molecule has 1 heterocycles. The molecule has 3 rings (SSSR count). The number of rotatable bonds is 4. The summed E-state index contributed by atoms with van der Waals surface area (Å²) < 4.78 is 0. The molecule has 0 spiro atoms. The number of carboxylic acids is 1. The second-order valence-electron chi connectivity index (χ2n) is 6.85. The van der Waals surface area contributed by atoms with Crippen molar-refractivity contribution in [2.24, 2.45) is 0 Å². The van der Waals surface area contributed by atoms with Crippen molar-refractivity contribution in [3.05, 3.63) is 70.2 Å². The molecule has 0 radical (unpaired) electrons. The highest BCUT2D eigenvalue weighted by Crippen LogP contribution is 2.35. The summed E-state index contributed by atoms with van der Waals surface area (Å²) in [5.74, 6) is -0.870. The van der Waals surface area contributed by atoms with E-state index in [0.29, 0.717) is 5.56 Å². The van der Waals surface area contributed by atoms with E-state index in [9.17, 15) is 4.79 Å². The molecule has 1 saturated heterocycles. The van der Waals surface area contributed by atoms with Gasteiger partial charge in [0.1, 0.15) is 0 Å². The van der Waals surface area contributed by atoms with E-state index < -0.39 is 5.97 Å². The fourth-order valence-corrected chi connectivity index (χ4v) is 3.53. The van der Waals surface area contributed by atoms with Gasteiger partial charge in [0, 0.05) is 11.6 Å². The van der Waals surface area contributed by atoms with E-state index in [1.165, 1.54) is 5.56 Å². The number of halogens is 1. The van der Waals surface area contributed by atoms with Crippen LogP contribution in [-0.2, 0) is 12.0 Å². The smallest absolute Gasteiger partial charge is 0.335 e. The van der Waals surface area contributed by atoms with E-state index >= 15 is 0 Å². The molecule has 0 bridgehead atoms. The van der Waals surface area contributed by atoms with Crippen molar-refractivity contribution in [1.82, 2.24) is 4.90 Å². The predicted molar refractivity (Wildman–Crippen MR) is 96.7 cm³/mol. The number of nitrogens with zero attached hydrogens (tertiary/aromatic N) is 1. The molecule has 1 fully saturated rings. The minimum Gasteiger partial charge on any atom is -0.478 e. The second kappa shape index (κ2) is 6.96. The number of likely N-dealkylation sites (tertiary alicyclic amines) is 1. The lowest BCUT2D eigenvalue weighted by Crippen LogP contribution is -2.40. The Morgan fingerprint density at radius 3 is 2.46 bits per heavy atom. The SMILES string of the molecule is CC1(c2ccc(Cl)cc2)CCN(Cc2cccc(C(=O)O)c2)CC1. The zero-order valence-electron chi connectivity index (χ0n) is 13.8. The molecular weight excluding hydrogens is 322 g/mol. The van der Waals surface area contributed by atoms with Gasteiger partial charge in [-0.2, -0.15) is 0 Å². The van der Waals surface area contributed by atoms with Gasteiger partial charge in [-0.1, -0.05) is 42.8 Å². The first-order valence-electron chi connectivity index (χ1n) is 8.27. The van der Waals surface area contributed by atoms with Gasteiger partial charge in [-0.25, -0.2) is 4.79 Å². The van der Waals surface area contributed by atoms with E-state index in [0.717, 1.165) is 43.1 Å². The van der Waals surface area contributed by atoms with E-state index in [2.05, 4.69) is 24.0 Å². The second-order valence-corrected chi connectivity index (χ2v) is 7.29. The number of piperidine rings is 1. The molecule has 126 valence electrons. The van der Waals surface area contributed by atoms with Crippen LogP contribution in [0.5, 0.6) is 0 Å². The Morgan fingerprint density at radius 1 is 1.17 bits per heavy atom. The minimum absolute atomic E-state index is 0.185. The van der Waals surface area contributed by atoms with Crippen molar-refractivity contribution in [3.63, 3.8) is 0 Å². The highest BCUT2D eigenvalue weighted by atomic mass is 35.5. The van der Waals surface area contributed by atoms with Crippen LogP contribution in [-0.4, -0.2) is 29.1 Å². The molecule has 0 aliphatic carbocycles. The number of hydrogen-bond acceptors (Lipinski definition) is 2. The molecule has 0 unspecified atom stereocenters. The number of carbonyl (C=O) groups is 1. The Bertz CT molecular complexity index is 719. The van der Waals surface area contributed by atoms with Gasteiger partial charge in [-0.15, -0.1) is 0 Å². The quantitative estimate of drug-likeness (QED) is 0.882. The van der Waals surface area contributed by atoms with Crippen molar-refractivity contribution < 1.29 is 9.90 Å². The van der Waals surface area contributed by atoms with Crippen molar-refractivity contribution in [2.45, 2.75) is 31.7 Å². The molecule has 0 amide bonds. The fourth-order valence-electron chi connectivity index (χ4n) is 3.41. The molecule has 1 N–H and O–H groups in total. The van der Waals surface area contributed by atoms with Crippen molar-refractivity contribution >= 4 is 17.6 Å². The van der Waals surface area contributed by atoms with Crippen molar-refractivity contribution in [1.29, 1.82) is 0 Å². The molecule has 4 heteroatoms. The van der Waals surface area contributed by atoms with E-state index in [1.807, 2.05) is 24.3 Å². The Morgan fingerprint density at radius 2 is 1.83 bits per heavy atom. The van der Waals surface area contributed by atoms with Gasteiger partial charge in [-0.3, -0.25) is 4.90 Å². The molecule has 0 saturated carbocycles. The van der Waals surface area contributed by atoms with E-state index in [4.69, 9.17) is 16.7 Å². The molecule has 2 aromatic carbocycles. The maximum absolute atomic E-state index is 11.1. The van der Waals surface area contributed by atoms with Gasteiger partial charge in [0.15, 0.2) is 0 Å². The summed E-state index contributed by atoms with van der Waals surface area (Å²) in [5, 5.41) is 9.88. The topological polar surface area (TPSA) is 40.5 Å². The lowest BCUT2D eigenvalue weighted by atomic mass is 9.74. The summed E-state index contributed by atoms with van der Waals surface area (Å²) in [7, 11) is 0. The zero-order chi connectivity index (χ0) is 17.2. The van der Waals surface area contributed by atoms with Crippen LogP contribution in [0.2, 0.25) is 5.02 Å². The Kier molecular flexibility index (Phi) is 4.93. The highest BCUT2D eigenvalue weighted by molar-refractivity contribution is 6.30. The Labute approximate surface area is 147 Å². The first-order chi connectivity index (χ1) is 11.5. The van der Waals surface area contributed by atoms with Crippen LogP contribution in [0.1, 0.15) is 41.3 Å². The summed E-state index contributed by atoms with van der Waals surface area (Å²) in [4.78, 5) is 13.5. The third-order valence-corrected chi connectivity index (χ3v) is 5.33. The minimum atomic E-state index is -0.870. The fraction of sp³-hybridized carbons (Fsp3) is 0.350. The van der Waals surface area contributed by atoms with Crippen LogP contribution in [0.15, 0.2) is 48.5 Å². The van der Waals surface area contributed by atoms with Gasteiger partial charge in [0.25, 0.3) is 0 Å². The van der Waals surface area contributed by atoms with Crippen LogP contribution in [0, 0.1) is 0 Å². The zero-order valence-corrected chi connectivity index (χ0v) is 14.6. The highest BCUT2D eigenvalue weighted by Gasteiger charge is 2.31. The van der Waals surface area contributed by atoms with E-state index in [-0.39, 0.29) is 5.41 Å². The summed E-state index contributed by atoms with van der Waals surface area (Å²) in [6, 6.07) is 15.4. The van der Waals surface area contributed by atoms with Crippen LogP contribution in [0.3, 0.4) is 0 Å². The normalized spacial score (nSPS) is 17.6. The maximum Gasteiger partial charge on any atom is 0.335 e. The van der Waals surface area contributed by atoms with Gasteiger partial charge >= 0.3 is 5.97 Å². The lowest BCUT2D eigenvalue weighted by molar-refractivity contribution is 0.0696. The molecule has 0 aromatic heterocycles. The summed E-state index contributed by atoms with van der Waals surface area (Å²) in [6.45, 7) is 5.14. The average Bonchev–Trinajstić information content (AvgIpc) is 2.58. The van der Waals surface area contributed by atoms with Gasteiger partial charge in [-0.05, 0) is 66.7 Å². The Hall–Kier alpha value is -1.84. The number of hydrogen-bond donors (Lipinski definition) is 1. The van der Waals surface area contributed by atoms with Crippen LogP contribution < -0.4 is 0 Å². The Balaban J connectivity index is 1.63. The van der Waals surface area contributed by atoms with Crippen molar-refractivity contribution in [3.8, 4) is 0 Å². The lowest BCUT2D eigenvalue weighted by Gasteiger charge is -2.40. The number of aromatic carboxylic acids is 1. The summed E-state index contributed by atoms with van der Waals surface area (Å²) >= 11 is 5.99. The first-order valence-corrected chi connectivity index (χ1v) is 8.65. The van der Waals surface area contributed by atoms with Gasteiger partial charge in [0.2, 0.25) is 0 Å². The largest absolute Gasteiger partial charge is 0.478 e. The van der Waals surface area contributed by atoms with E-state index in [1.54, 1.807) is 12.1 Å². The van der Waals surface area contributed by atoms with Crippen LogP contribution >= 0.6 is 11.6 Å². The van der Waals surface area contributed by atoms with Crippen molar-refractivity contribution in [2.75, 3.05) is 13.1 Å². The molecule has 3 nitrogen and oxygen atoms in total. The third kappa shape index (κ3) is 3.80. The summed E-state index contributed by atoms with van der Waals surface area (Å²) in [5.41, 5.74) is 2.95. The molecule has 1 aliphatic rings. The molecular formula is C20H22ClNO2. The van der Waals surface area contributed by atoms with Crippen LogP contribution in [0.4, 0.5) is 0 Å².